The molecule has 0 atom stereocenters. The molecule has 6 heteroatoms. The highest BCUT2D eigenvalue weighted by molar-refractivity contribution is 7.80. The van der Waals surface area contributed by atoms with Crippen molar-refractivity contribution in [2.75, 3.05) is 51.3 Å². The smallest absolute Gasteiger partial charge is 0.170 e. The normalized spacial score (nSPS) is 15.2. The van der Waals surface area contributed by atoms with Crippen LogP contribution in [0.3, 0.4) is 0 Å². The third-order valence-corrected chi connectivity index (χ3v) is 3.88. The summed E-state index contributed by atoms with van der Waals surface area (Å²) in [5, 5.41) is 7.12. The molecule has 0 aromatic heterocycles. The lowest BCUT2D eigenvalue weighted by Gasteiger charge is -2.26. The van der Waals surface area contributed by atoms with E-state index < -0.39 is 0 Å². The van der Waals surface area contributed by atoms with Gasteiger partial charge in [0.25, 0.3) is 0 Å². The number of ether oxygens (including phenoxy) is 2. The van der Waals surface area contributed by atoms with E-state index in [2.05, 4.69) is 22.5 Å². The molecule has 1 saturated heterocycles. The Morgan fingerprint density at radius 1 is 1.30 bits per heavy atom. The monoisotopic (exact) mass is 337 g/mol. The second-order valence-electron chi connectivity index (χ2n) is 5.53. The molecule has 1 heterocycles. The Hall–Kier alpha value is -1.37. The van der Waals surface area contributed by atoms with Crippen molar-refractivity contribution in [3.05, 3.63) is 24.3 Å². The Kier molecular flexibility index (Phi) is 8.14. The Balaban J connectivity index is 1.68. The fourth-order valence-corrected chi connectivity index (χ4v) is 2.62. The first-order valence-electron chi connectivity index (χ1n) is 8.36. The van der Waals surface area contributed by atoms with E-state index >= 15 is 0 Å². The van der Waals surface area contributed by atoms with Crippen LogP contribution in [0.1, 0.15) is 19.8 Å². The number of morpholine rings is 1. The summed E-state index contributed by atoms with van der Waals surface area (Å²) in [7, 11) is 0. The van der Waals surface area contributed by atoms with Crippen LogP contribution in [0.15, 0.2) is 24.3 Å². The summed E-state index contributed by atoms with van der Waals surface area (Å²) in [6, 6.07) is 7.88. The van der Waals surface area contributed by atoms with Gasteiger partial charge in [-0.1, -0.05) is 19.1 Å². The molecule has 0 aliphatic carbocycles. The molecule has 0 amide bonds. The first kappa shape index (κ1) is 18.0. The van der Waals surface area contributed by atoms with Gasteiger partial charge in [-0.15, -0.1) is 0 Å². The van der Waals surface area contributed by atoms with Crippen LogP contribution >= 0.6 is 12.2 Å². The van der Waals surface area contributed by atoms with Gasteiger partial charge in [0.05, 0.1) is 25.5 Å². The molecule has 2 N–H and O–H groups in total. The Morgan fingerprint density at radius 3 is 2.87 bits per heavy atom. The molecule has 0 saturated carbocycles. The molecule has 0 radical (unpaired) electrons. The van der Waals surface area contributed by atoms with E-state index in [1.54, 1.807) is 0 Å². The van der Waals surface area contributed by atoms with E-state index in [0.29, 0.717) is 11.7 Å². The highest BCUT2D eigenvalue weighted by Crippen LogP contribution is 2.23. The number of rotatable bonds is 8. The highest BCUT2D eigenvalue weighted by Gasteiger charge is 2.09. The number of nitrogens with one attached hydrogen (secondary N) is 2. The van der Waals surface area contributed by atoms with Gasteiger partial charge in [0.2, 0.25) is 0 Å². The van der Waals surface area contributed by atoms with Gasteiger partial charge >= 0.3 is 0 Å². The largest absolute Gasteiger partial charge is 0.491 e. The summed E-state index contributed by atoms with van der Waals surface area (Å²) >= 11 is 5.37. The molecule has 23 heavy (non-hydrogen) atoms. The van der Waals surface area contributed by atoms with E-state index in [4.69, 9.17) is 21.7 Å². The highest BCUT2D eigenvalue weighted by atomic mass is 32.1. The van der Waals surface area contributed by atoms with Gasteiger partial charge in [-0.3, -0.25) is 4.90 Å². The molecule has 1 aliphatic heterocycles. The van der Waals surface area contributed by atoms with Crippen LogP contribution in [0.4, 0.5) is 5.69 Å². The maximum absolute atomic E-state index is 5.72. The number of thiocarbonyl (C=S) groups is 1. The lowest BCUT2D eigenvalue weighted by Crippen LogP contribution is -2.38. The van der Waals surface area contributed by atoms with Crippen LogP contribution in [0, 0.1) is 0 Å². The number of anilines is 1. The average molecular weight is 337 g/mol. The maximum Gasteiger partial charge on any atom is 0.170 e. The quantitative estimate of drug-likeness (QED) is 0.561. The number of benzene rings is 1. The number of para-hydroxylation sites is 2. The van der Waals surface area contributed by atoms with Crippen LogP contribution in [0.2, 0.25) is 0 Å². The van der Waals surface area contributed by atoms with E-state index in [1.165, 1.54) is 0 Å². The predicted molar refractivity (Wildman–Crippen MR) is 98.3 cm³/mol. The SMILES string of the molecule is CCCOc1ccccc1NC(=S)NCCCN1CCOCC1. The minimum Gasteiger partial charge on any atom is -0.491 e. The van der Waals surface area contributed by atoms with Crippen LogP contribution < -0.4 is 15.4 Å². The lowest BCUT2D eigenvalue weighted by atomic mass is 10.3. The first-order valence-corrected chi connectivity index (χ1v) is 8.77. The predicted octanol–water partition coefficient (Wildman–Crippen LogP) is 2.48. The van der Waals surface area contributed by atoms with Crippen molar-refractivity contribution >= 4 is 23.0 Å². The zero-order valence-electron chi connectivity index (χ0n) is 13.8. The minimum absolute atomic E-state index is 0.638. The number of nitrogens with zero attached hydrogens (tertiary/aromatic N) is 1. The van der Waals surface area contributed by atoms with Gasteiger partial charge in [-0.2, -0.15) is 0 Å². The molecule has 1 fully saturated rings. The summed E-state index contributed by atoms with van der Waals surface area (Å²) in [6.45, 7) is 8.50. The van der Waals surface area contributed by atoms with Crippen molar-refractivity contribution in [3.8, 4) is 5.75 Å². The van der Waals surface area contributed by atoms with E-state index in [1.807, 2.05) is 24.3 Å². The van der Waals surface area contributed by atoms with Gasteiger partial charge in [0, 0.05) is 19.6 Å². The summed E-state index contributed by atoms with van der Waals surface area (Å²) in [6.07, 6.45) is 2.05. The molecular formula is C17H27N3O2S. The van der Waals surface area contributed by atoms with Crippen molar-refractivity contribution < 1.29 is 9.47 Å². The van der Waals surface area contributed by atoms with Crippen molar-refractivity contribution in [2.45, 2.75) is 19.8 Å². The maximum atomic E-state index is 5.72. The second kappa shape index (κ2) is 10.4. The van der Waals surface area contributed by atoms with Crippen molar-refractivity contribution in [3.63, 3.8) is 0 Å². The first-order chi connectivity index (χ1) is 11.3. The summed E-state index contributed by atoms with van der Waals surface area (Å²) < 4.78 is 11.1. The van der Waals surface area contributed by atoms with E-state index in [-0.39, 0.29) is 0 Å². The van der Waals surface area contributed by atoms with Gasteiger partial charge in [0.15, 0.2) is 5.11 Å². The van der Waals surface area contributed by atoms with Crippen LogP contribution in [-0.2, 0) is 4.74 Å². The second-order valence-corrected chi connectivity index (χ2v) is 5.94. The standard InChI is InChI=1S/C17H27N3O2S/c1-2-12-22-16-7-4-3-6-15(16)19-17(23)18-8-5-9-20-10-13-21-14-11-20/h3-4,6-7H,2,5,8-14H2,1H3,(H2,18,19,23). The van der Waals surface area contributed by atoms with Crippen LogP contribution in [-0.4, -0.2) is 56.0 Å². The van der Waals surface area contributed by atoms with Gasteiger partial charge < -0.3 is 20.1 Å². The van der Waals surface area contributed by atoms with Crippen LogP contribution in [0.25, 0.3) is 0 Å². The van der Waals surface area contributed by atoms with E-state index in [0.717, 1.165) is 63.7 Å². The molecule has 128 valence electrons. The third-order valence-electron chi connectivity index (χ3n) is 3.64. The molecule has 1 aromatic rings. The van der Waals surface area contributed by atoms with Crippen LogP contribution in [0.5, 0.6) is 5.75 Å². The molecule has 5 nitrogen and oxygen atoms in total. The van der Waals surface area contributed by atoms with Crippen molar-refractivity contribution in [1.82, 2.24) is 10.2 Å². The zero-order valence-corrected chi connectivity index (χ0v) is 14.7. The Morgan fingerprint density at radius 2 is 2.09 bits per heavy atom. The molecule has 0 bridgehead atoms. The Labute approximate surface area is 144 Å². The zero-order chi connectivity index (χ0) is 16.3. The number of hydrogen-bond donors (Lipinski definition) is 2. The molecule has 1 aliphatic rings. The molecular weight excluding hydrogens is 310 g/mol. The van der Waals surface area contributed by atoms with Crippen molar-refractivity contribution in [2.24, 2.45) is 0 Å². The summed E-state index contributed by atoms with van der Waals surface area (Å²) in [5.74, 6) is 0.840. The number of hydrogen-bond acceptors (Lipinski definition) is 4. The van der Waals surface area contributed by atoms with Gasteiger partial charge in [0.1, 0.15) is 5.75 Å². The molecule has 0 spiro atoms. The lowest BCUT2D eigenvalue weighted by molar-refractivity contribution is 0.0376. The molecule has 2 rings (SSSR count). The fraction of sp³-hybridized carbons (Fsp3) is 0.588. The van der Waals surface area contributed by atoms with Gasteiger partial charge in [-0.25, -0.2) is 0 Å². The Bertz CT molecular complexity index is 479. The minimum atomic E-state index is 0.638. The van der Waals surface area contributed by atoms with Gasteiger partial charge in [-0.05, 0) is 43.7 Å². The average Bonchev–Trinajstić information content (AvgIpc) is 2.59. The van der Waals surface area contributed by atoms with Crippen molar-refractivity contribution in [1.29, 1.82) is 0 Å². The fourth-order valence-electron chi connectivity index (χ4n) is 2.40. The molecule has 0 unspecified atom stereocenters. The summed E-state index contributed by atoms with van der Waals surface area (Å²) in [5.41, 5.74) is 0.909. The third kappa shape index (κ3) is 6.72. The topological polar surface area (TPSA) is 45.8 Å². The van der Waals surface area contributed by atoms with E-state index in [9.17, 15) is 0 Å². The summed E-state index contributed by atoms with van der Waals surface area (Å²) in [4.78, 5) is 2.43. The molecule has 1 aromatic carbocycles.